The lowest BCUT2D eigenvalue weighted by Gasteiger charge is -2.29. The molecule has 4 radical (unpaired) electrons. The van der Waals surface area contributed by atoms with Crippen LogP contribution in [0.4, 0.5) is 4.39 Å². The van der Waals surface area contributed by atoms with Crippen molar-refractivity contribution in [2.45, 2.75) is 44.3 Å². The molecule has 0 bridgehead atoms. The van der Waals surface area contributed by atoms with Crippen molar-refractivity contribution in [1.82, 2.24) is 0 Å². The van der Waals surface area contributed by atoms with Gasteiger partial charge in [0.2, 0.25) is 0 Å². The molecule has 6 atom stereocenters. The van der Waals surface area contributed by atoms with Gasteiger partial charge in [0.15, 0.2) is 0 Å². The van der Waals surface area contributed by atoms with E-state index in [0.717, 1.165) is 0 Å². The van der Waals surface area contributed by atoms with Gasteiger partial charge < -0.3 is 29.3 Å². The van der Waals surface area contributed by atoms with Crippen LogP contribution in [-0.4, -0.2) is 92.3 Å². The van der Waals surface area contributed by atoms with Gasteiger partial charge in [-0.1, -0.05) is 0 Å². The lowest BCUT2D eigenvalue weighted by Crippen LogP contribution is -2.39. The lowest BCUT2D eigenvalue weighted by atomic mass is 10.0. The Kier molecular flexibility index (Phi) is 12.7. The molecule has 0 aliphatic heterocycles. The molecular weight excluding hydrogens is 411 g/mol. The maximum Gasteiger partial charge on any atom is 0.472 e. The van der Waals surface area contributed by atoms with Gasteiger partial charge in [-0.15, -0.1) is 0 Å². The highest BCUT2D eigenvalue weighted by atomic mass is 31.2. The topological polar surface area (TPSA) is 161 Å². The maximum atomic E-state index is 13.1. The number of aliphatic hydroxyl groups excluding tert-OH is 1. The number of hydrogen-bond donors (Lipinski definition) is 4. The number of ether oxygens (including phenoxy) is 2. The van der Waals surface area contributed by atoms with Crippen molar-refractivity contribution in [3.8, 4) is 0 Å². The van der Waals surface area contributed by atoms with Crippen molar-refractivity contribution >= 4 is 31.3 Å². The molecule has 16 heteroatoms. The smallest absolute Gasteiger partial charge is 0.394 e. The minimum absolute atomic E-state index is 0.280. The number of halogens is 1. The van der Waals surface area contributed by atoms with E-state index in [2.05, 4.69) is 9.05 Å². The zero-order valence-corrected chi connectivity index (χ0v) is 16.6. The molecule has 27 heavy (non-hydrogen) atoms. The summed E-state index contributed by atoms with van der Waals surface area (Å²) in [5.74, 6) is 0. The summed E-state index contributed by atoms with van der Waals surface area (Å²) in [6.45, 7) is -0.465. The van der Waals surface area contributed by atoms with Crippen LogP contribution in [0.2, 0.25) is 0 Å². The second kappa shape index (κ2) is 12.7. The van der Waals surface area contributed by atoms with Crippen LogP contribution in [0.1, 0.15) is 13.8 Å². The van der Waals surface area contributed by atoms with Crippen molar-refractivity contribution in [3.63, 3.8) is 0 Å². The van der Waals surface area contributed by atoms with Gasteiger partial charge in [0.05, 0.1) is 19.3 Å². The molecule has 0 saturated carbocycles. The predicted octanol–water partition coefficient (Wildman–Crippen LogP) is -0.641. The molecule has 0 heterocycles. The van der Waals surface area contributed by atoms with Crippen LogP contribution in [0, 0.1) is 0 Å². The summed E-state index contributed by atoms with van der Waals surface area (Å²) in [5.41, 5.74) is 0. The van der Waals surface area contributed by atoms with Crippen LogP contribution in [-0.2, 0) is 32.2 Å². The van der Waals surface area contributed by atoms with Gasteiger partial charge in [-0.3, -0.25) is 13.6 Å². The quantitative estimate of drug-likeness (QED) is 0.192. The van der Waals surface area contributed by atoms with Crippen molar-refractivity contribution < 1.29 is 56.4 Å². The average Bonchev–Trinajstić information content (AvgIpc) is 2.52. The fourth-order valence-electron chi connectivity index (χ4n) is 1.82. The largest absolute Gasteiger partial charge is 0.472 e. The molecule has 4 N–H and O–H groups in total. The van der Waals surface area contributed by atoms with E-state index in [9.17, 15) is 18.4 Å². The number of alkyl halides is 1. The molecule has 0 rings (SSSR count). The van der Waals surface area contributed by atoms with Gasteiger partial charge in [-0.2, -0.15) is 0 Å². The molecule has 0 fully saturated rings. The fraction of sp³-hybridized carbons (Fsp3) is 1.00. The van der Waals surface area contributed by atoms with E-state index in [-0.39, 0.29) is 6.51 Å². The first-order valence-electron chi connectivity index (χ1n) is 7.64. The molecule has 0 aromatic heterocycles. The number of rotatable bonds is 15. The van der Waals surface area contributed by atoms with E-state index in [1.54, 1.807) is 0 Å². The van der Waals surface area contributed by atoms with Crippen molar-refractivity contribution in [2.24, 2.45) is 0 Å². The van der Waals surface area contributed by atoms with Crippen molar-refractivity contribution in [1.29, 1.82) is 0 Å². The van der Waals surface area contributed by atoms with Gasteiger partial charge in [0.1, 0.15) is 40.7 Å². The Morgan fingerprint density at radius 3 is 2.07 bits per heavy atom. The summed E-state index contributed by atoms with van der Waals surface area (Å²) in [6.07, 6.45) is -5.52. The van der Waals surface area contributed by atoms with E-state index in [1.165, 1.54) is 13.8 Å². The Hall–Kier alpha value is 0.160. The van der Waals surface area contributed by atoms with Crippen LogP contribution in [0.5, 0.6) is 0 Å². The van der Waals surface area contributed by atoms with Crippen LogP contribution in [0.25, 0.3) is 0 Å². The minimum atomic E-state index is -5.08. The standard InChI is InChI=1S/C11H23B2FO11P2/c1-7(10(4-15)21-6-12)24-27(19,20)22-5-11(23-8(2)13)9(3-14)25-26(16,17)18/h7-11,15H,3-6H2,1-2H3,(H,19,20)(H2,16,17,18)/t7-,8-,9?,10?,11?/m1/s1. The summed E-state index contributed by atoms with van der Waals surface area (Å²) in [4.78, 5) is 27.3. The number of aliphatic hydroxyl groups is 1. The molecule has 0 aliphatic carbocycles. The van der Waals surface area contributed by atoms with E-state index >= 15 is 0 Å². The highest BCUT2D eigenvalue weighted by Gasteiger charge is 2.35. The third kappa shape index (κ3) is 12.4. The molecule has 4 unspecified atom stereocenters. The second-order valence-corrected chi connectivity index (χ2v) is 7.90. The van der Waals surface area contributed by atoms with Crippen molar-refractivity contribution in [2.75, 3.05) is 26.4 Å². The lowest BCUT2D eigenvalue weighted by molar-refractivity contribution is -0.0796. The van der Waals surface area contributed by atoms with Crippen LogP contribution >= 0.6 is 15.6 Å². The van der Waals surface area contributed by atoms with Crippen LogP contribution in [0.15, 0.2) is 0 Å². The first-order chi connectivity index (χ1) is 12.3. The third-order valence-electron chi connectivity index (χ3n) is 2.94. The molecule has 0 aliphatic rings. The second-order valence-electron chi connectivity index (χ2n) is 5.30. The molecule has 11 nitrogen and oxygen atoms in total. The SMILES string of the molecule is [B]COC(CO)[C@@H](C)OP(=O)(O)OCC(O[C@@H]([B])C)C(CF)OP(=O)(O)O. The zero-order chi connectivity index (χ0) is 21.3. The molecule has 0 aromatic carbocycles. The van der Waals surface area contributed by atoms with Gasteiger partial charge in [-0.05, 0) is 13.8 Å². The summed E-state index contributed by atoms with van der Waals surface area (Å²) in [6, 6.07) is -1.04. The number of phosphoric ester groups is 2. The van der Waals surface area contributed by atoms with Crippen molar-refractivity contribution in [3.05, 3.63) is 0 Å². The summed E-state index contributed by atoms with van der Waals surface area (Å²) < 4.78 is 59.6. The van der Waals surface area contributed by atoms with E-state index < -0.39 is 66.0 Å². The molecule has 0 aromatic rings. The molecule has 0 spiro atoms. The van der Waals surface area contributed by atoms with E-state index in [0.29, 0.717) is 0 Å². The Morgan fingerprint density at radius 1 is 1.07 bits per heavy atom. The third-order valence-corrected chi connectivity index (χ3v) is 4.56. The van der Waals surface area contributed by atoms with E-state index in [4.69, 9.17) is 44.6 Å². The first kappa shape index (κ1) is 27.2. The summed E-state index contributed by atoms with van der Waals surface area (Å²) in [5, 5.41) is 9.12. The Bertz CT molecular complexity index is 509. The molecule has 156 valence electrons. The molecule has 0 saturated heterocycles. The Morgan fingerprint density at radius 2 is 1.67 bits per heavy atom. The maximum absolute atomic E-state index is 13.1. The molecule has 0 amide bonds. The first-order valence-corrected chi connectivity index (χ1v) is 10.7. The average molecular weight is 434 g/mol. The summed E-state index contributed by atoms with van der Waals surface area (Å²) in [7, 11) is 0.703. The predicted molar refractivity (Wildman–Crippen MR) is 91.9 cm³/mol. The fourth-order valence-corrected chi connectivity index (χ4v) is 3.32. The highest BCUT2D eigenvalue weighted by Crippen LogP contribution is 2.46. The van der Waals surface area contributed by atoms with Gasteiger partial charge in [0.25, 0.3) is 0 Å². The van der Waals surface area contributed by atoms with Gasteiger partial charge >= 0.3 is 15.6 Å². The monoisotopic (exact) mass is 434 g/mol. The van der Waals surface area contributed by atoms with Gasteiger partial charge in [-0.25, -0.2) is 13.5 Å². The van der Waals surface area contributed by atoms with Crippen LogP contribution < -0.4 is 0 Å². The Balaban J connectivity index is 5.01. The number of hydrogen-bond acceptors (Lipinski definition) is 8. The Labute approximate surface area is 159 Å². The van der Waals surface area contributed by atoms with Gasteiger partial charge in [0, 0.05) is 12.5 Å². The highest BCUT2D eigenvalue weighted by molar-refractivity contribution is 7.47. The normalized spacial score (nSPS) is 20.4. The summed E-state index contributed by atoms with van der Waals surface area (Å²) >= 11 is 0. The molecular formula is C11H23B2FO11P2. The van der Waals surface area contributed by atoms with E-state index in [1.807, 2.05) is 0 Å². The number of phosphoric acid groups is 2. The minimum Gasteiger partial charge on any atom is -0.394 e. The zero-order valence-electron chi connectivity index (χ0n) is 14.8. The van der Waals surface area contributed by atoms with Crippen LogP contribution in [0.3, 0.4) is 0 Å².